The topological polar surface area (TPSA) is 26.3 Å². The highest BCUT2D eigenvalue weighted by Crippen LogP contribution is 1.93. The zero-order valence-electron chi connectivity index (χ0n) is 6.55. The van der Waals surface area contributed by atoms with Crippen molar-refractivity contribution in [2.45, 2.75) is 13.8 Å². The van der Waals surface area contributed by atoms with Crippen molar-refractivity contribution in [3.05, 3.63) is 23.8 Å². The average Bonchev–Trinajstić information content (AvgIpc) is 1.99. The van der Waals surface area contributed by atoms with Crippen molar-refractivity contribution in [1.29, 1.82) is 0 Å². The molecule has 10 heavy (non-hydrogen) atoms. The highest BCUT2D eigenvalue weighted by Gasteiger charge is 1.88. The summed E-state index contributed by atoms with van der Waals surface area (Å²) in [5.74, 6) is -0.318. The van der Waals surface area contributed by atoms with Crippen molar-refractivity contribution in [2.24, 2.45) is 0 Å². The second-order valence-corrected chi connectivity index (χ2v) is 1.89. The van der Waals surface area contributed by atoms with E-state index in [0.29, 0.717) is 0 Å². The first-order valence-corrected chi connectivity index (χ1v) is 3.09. The van der Waals surface area contributed by atoms with Crippen molar-refractivity contribution in [1.82, 2.24) is 0 Å². The Morgan fingerprint density at radius 1 is 1.40 bits per heavy atom. The molecule has 0 aliphatic carbocycles. The molecule has 0 amide bonds. The molecule has 0 N–H and O–H groups in total. The maximum absolute atomic E-state index is 10.5. The Kier molecular flexibility index (Phi) is 4.29. The van der Waals surface area contributed by atoms with Gasteiger partial charge in [0.25, 0.3) is 0 Å². The average molecular weight is 140 g/mol. The van der Waals surface area contributed by atoms with Gasteiger partial charge < -0.3 is 4.74 Å². The SMILES string of the molecule is C/C=C(C)/C=C\C(=O)OC. The van der Waals surface area contributed by atoms with E-state index >= 15 is 0 Å². The summed E-state index contributed by atoms with van der Waals surface area (Å²) in [4.78, 5) is 10.5. The molecule has 0 aromatic rings. The van der Waals surface area contributed by atoms with Crippen molar-refractivity contribution >= 4 is 5.97 Å². The minimum absolute atomic E-state index is 0.318. The fourth-order valence-electron chi connectivity index (χ4n) is 0.364. The second-order valence-electron chi connectivity index (χ2n) is 1.89. The Morgan fingerprint density at radius 3 is 2.40 bits per heavy atom. The number of ether oxygens (including phenoxy) is 1. The lowest BCUT2D eigenvalue weighted by Gasteiger charge is -1.89. The van der Waals surface area contributed by atoms with E-state index in [2.05, 4.69) is 4.74 Å². The summed E-state index contributed by atoms with van der Waals surface area (Å²) < 4.78 is 4.39. The number of allylic oxidation sites excluding steroid dienone is 3. The molecule has 0 atom stereocenters. The lowest BCUT2D eigenvalue weighted by atomic mass is 10.3. The minimum atomic E-state index is -0.318. The maximum Gasteiger partial charge on any atom is 0.330 e. The summed E-state index contributed by atoms with van der Waals surface area (Å²) in [5.41, 5.74) is 1.05. The van der Waals surface area contributed by atoms with Gasteiger partial charge in [-0.15, -0.1) is 0 Å². The quantitative estimate of drug-likeness (QED) is 0.331. The van der Waals surface area contributed by atoms with Crippen molar-refractivity contribution in [2.75, 3.05) is 7.11 Å². The molecule has 2 nitrogen and oxygen atoms in total. The van der Waals surface area contributed by atoms with Gasteiger partial charge in [0.15, 0.2) is 0 Å². The normalized spacial score (nSPS) is 12.1. The summed E-state index contributed by atoms with van der Waals surface area (Å²) >= 11 is 0. The Hall–Kier alpha value is -1.05. The highest BCUT2D eigenvalue weighted by atomic mass is 16.5. The molecular formula is C8H12O2. The number of methoxy groups -OCH3 is 1. The van der Waals surface area contributed by atoms with E-state index in [1.807, 2.05) is 19.9 Å². The van der Waals surface area contributed by atoms with Crippen LogP contribution in [0.4, 0.5) is 0 Å². The van der Waals surface area contributed by atoms with Crippen LogP contribution in [0, 0.1) is 0 Å². The number of carbonyl (C=O) groups excluding carboxylic acids is 1. The van der Waals surface area contributed by atoms with Crippen molar-refractivity contribution < 1.29 is 9.53 Å². The highest BCUT2D eigenvalue weighted by molar-refractivity contribution is 5.82. The molecule has 56 valence electrons. The first kappa shape index (κ1) is 8.95. The number of hydrogen-bond acceptors (Lipinski definition) is 2. The second kappa shape index (κ2) is 4.79. The third kappa shape index (κ3) is 3.89. The molecule has 0 aromatic heterocycles. The van der Waals surface area contributed by atoms with Crippen LogP contribution in [-0.4, -0.2) is 13.1 Å². The fraction of sp³-hybridized carbons (Fsp3) is 0.375. The molecule has 0 heterocycles. The van der Waals surface area contributed by atoms with Gasteiger partial charge in [0, 0.05) is 6.08 Å². The largest absolute Gasteiger partial charge is 0.466 e. The van der Waals surface area contributed by atoms with E-state index in [1.54, 1.807) is 6.08 Å². The number of esters is 1. The van der Waals surface area contributed by atoms with Crippen LogP contribution in [0.15, 0.2) is 23.8 Å². The predicted octanol–water partition coefficient (Wildman–Crippen LogP) is 1.68. The molecule has 0 saturated carbocycles. The van der Waals surface area contributed by atoms with Gasteiger partial charge in [-0.3, -0.25) is 0 Å². The van der Waals surface area contributed by atoms with Crippen molar-refractivity contribution in [3.63, 3.8) is 0 Å². The number of rotatable bonds is 2. The zero-order valence-corrected chi connectivity index (χ0v) is 6.55. The maximum atomic E-state index is 10.5. The lowest BCUT2D eigenvalue weighted by molar-refractivity contribution is -0.134. The summed E-state index contributed by atoms with van der Waals surface area (Å²) in [6.45, 7) is 3.83. The number of hydrogen-bond donors (Lipinski definition) is 0. The predicted molar refractivity (Wildman–Crippen MR) is 40.6 cm³/mol. The van der Waals surface area contributed by atoms with Gasteiger partial charge in [-0.1, -0.05) is 17.7 Å². The smallest absolute Gasteiger partial charge is 0.330 e. The fourth-order valence-corrected chi connectivity index (χ4v) is 0.364. The zero-order chi connectivity index (χ0) is 7.98. The van der Waals surface area contributed by atoms with Gasteiger partial charge in [-0.05, 0) is 13.8 Å². The van der Waals surface area contributed by atoms with Crippen LogP contribution in [0.2, 0.25) is 0 Å². The lowest BCUT2D eigenvalue weighted by Crippen LogP contribution is -1.93. The van der Waals surface area contributed by atoms with Crippen LogP contribution >= 0.6 is 0 Å². The molecule has 0 spiro atoms. The summed E-state index contributed by atoms with van der Waals surface area (Å²) in [5, 5.41) is 0. The minimum Gasteiger partial charge on any atom is -0.466 e. The van der Waals surface area contributed by atoms with E-state index < -0.39 is 0 Å². The summed E-state index contributed by atoms with van der Waals surface area (Å²) in [7, 11) is 1.36. The van der Waals surface area contributed by atoms with Crippen LogP contribution in [-0.2, 0) is 9.53 Å². The van der Waals surface area contributed by atoms with Crippen LogP contribution in [0.5, 0.6) is 0 Å². The van der Waals surface area contributed by atoms with Gasteiger partial charge in [0.1, 0.15) is 0 Å². The Bertz CT molecular complexity index is 166. The van der Waals surface area contributed by atoms with Crippen molar-refractivity contribution in [3.8, 4) is 0 Å². The molecule has 2 heteroatoms. The van der Waals surface area contributed by atoms with Crippen LogP contribution < -0.4 is 0 Å². The van der Waals surface area contributed by atoms with E-state index in [1.165, 1.54) is 13.2 Å². The van der Waals surface area contributed by atoms with E-state index in [0.717, 1.165) is 5.57 Å². The summed E-state index contributed by atoms with van der Waals surface area (Å²) in [6.07, 6.45) is 5.03. The molecule has 0 aromatic carbocycles. The molecule has 0 bridgehead atoms. The number of carbonyl (C=O) groups is 1. The van der Waals surface area contributed by atoms with Crippen LogP contribution in [0.25, 0.3) is 0 Å². The first-order chi connectivity index (χ1) is 4.70. The molecule has 0 saturated heterocycles. The summed E-state index contributed by atoms with van der Waals surface area (Å²) in [6, 6.07) is 0. The van der Waals surface area contributed by atoms with Crippen LogP contribution in [0.1, 0.15) is 13.8 Å². The Morgan fingerprint density at radius 2 is 2.00 bits per heavy atom. The van der Waals surface area contributed by atoms with Gasteiger partial charge in [-0.25, -0.2) is 4.79 Å². The van der Waals surface area contributed by atoms with Gasteiger partial charge in [-0.2, -0.15) is 0 Å². The molecule has 0 fully saturated rings. The molecular weight excluding hydrogens is 128 g/mol. The molecule has 0 aliphatic heterocycles. The third-order valence-electron chi connectivity index (χ3n) is 1.14. The Labute approximate surface area is 61.2 Å². The van der Waals surface area contributed by atoms with Crippen LogP contribution in [0.3, 0.4) is 0 Å². The first-order valence-electron chi connectivity index (χ1n) is 3.09. The molecule has 0 rings (SSSR count). The van der Waals surface area contributed by atoms with Gasteiger partial charge >= 0.3 is 5.97 Å². The molecule has 0 unspecified atom stereocenters. The van der Waals surface area contributed by atoms with E-state index in [4.69, 9.17) is 0 Å². The molecule has 0 radical (unpaired) electrons. The van der Waals surface area contributed by atoms with Gasteiger partial charge in [0.2, 0.25) is 0 Å². The molecule has 0 aliphatic rings. The monoisotopic (exact) mass is 140 g/mol. The third-order valence-corrected chi connectivity index (χ3v) is 1.14. The van der Waals surface area contributed by atoms with E-state index in [-0.39, 0.29) is 5.97 Å². The van der Waals surface area contributed by atoms with E-state index in [9.17, 15) is 4.79 Å². The standard InChI is InChI=1S/C8H12O2/c1-4-7(2)5-6-8(9)10-3/h4-6H,1-3H3/b6-5-,7-4+. The van der Waals surface area contributed by atoms with Gasteiger partial charge in [0.05, 0.1) is 7.11 Å². The Balaban J connectivity index is 3.88.